The van der Waals surface area contributed by atoms with Gasteiger partial charge >= 0.3 is 0 Å². The molecule has 1 aromatic carbocycles. The molecule has 0 saturated carbocycles. The zero-order chi connectivity index (χ0) is 12.3. The summed E-state index contributed by atoms with van der Waals surface area (Å²) >= 11 is 0. The summed E-state index contributed by atoms with van der Waals surface area (Å²) in [6.45, 7) is 5.83. The van der Waals surface area contributed by atoms with Crippen molar-refractivity contribution in [2.45, 2.75) is 26.8 Å². The Bertz CT molecular complexity index is 483. The SMILES string of the molecule is CCn1c(CCN)cnc1-c1ccc(C)cc1. The number of aromatic nitrogens is 2. The van der Waals surface area contributed by atoms with Crippen molar-refractivity contribution in [2.75, 3.05) is 6.54 Å². The quantitative estimate of drug-likeness (QED) is 0.874. The summed E-state index contributed by atoms with van der Waals surface area (Å²) in [6.07, 6.45) is 2.82. The summed E-state index contributed by atoms with van der Waals surface area (Å²) in [4.78, 5) is 4.51. The Morgan fingerprint density at radius 3 is 2.53 bits per heavy atom. The van der Waals surface area contributed by atoms with Gasteiger partial charge in [0.05, 0.1) is 0 Å². The number of nitrogens with zero attached hydrogens (tertiary/aromatic N) is 2. The second kappa shape index (κ2) is 5.15. The highest BCUT2D eigenvalue weighted by atomic mass is 15.1. The van der Waals surface area contributed by atoms with Crippen molar-refractivity contribution < 1.29 is 0 Å². The smallest absolute Gasteiger partial charge is 0.140 e. The number of hydrogen-bond acceptors (Lipinski definition) is 2. The summed E-state index contributed by atoms with van der Waals surface area (Å²) in [5, 5.41) is 0. The number of benzene rings is 1. The van der Waals surface area contributed by atoms with Gasteiger partial charge in [0.15, 0.2) is 0 Å². The van der Waals surface area contributed by atoms with Crippen LogP contribution in [0.3, 0.4) is 0 Å². The first-order valence-electron chi connectivity index (χ1n) is 6.07. The fourth-order valence-corrected chi connectivity index (χ4v) is 2.04. The minimum Gasteiger partial charge on any atom is -0.330 e. The second-order valence-corrected chi connectivity index (χ2v) is 4.22. The Kier molecular flexibility index (Phi) is 3.59. The third-order valence-electron chi connectivity index (χ3n) is 2.96. The van der Waals surface area contributed by atoms with Gasteiger partial charge in [0.1, 0.15) is 5.82 Å². The highest BCUT2D eigenvalue weighted by Gasteiger charge is 2.09. The van der Waals surface area contributed by atoms with E-state index in [2.05, 4.69) is 47.7 Å². The van der Waals surface area contributed by atoms with E-state index in [1.165, 1.54) is 16.8 Å². The Labute approximate surface area is 102 Å². The highest BCUT2D eigenvalue weighted by Crippen LogP contribution is 2.20. The van der Waals surface area contributed by atoms with E-state index in [0.717, 1.165) is 18.8 Å². The molecule has 2 aromatic rings. The van der Waals surface area contributed by atoms with Crippen LogP contribution >= 0.6 is 0 Å². The molecule has 0 bridgehead atoms. The minimum absolute atomic E-state index is 0.666. The van der Waals surface area contributed by atoms with Gasteiger partial charge in [-0.25, -0.2) is 4.98 Å². The lowest BCUT2D eigenvalue weighted by Gasteiger charge is -2.09. The van der Waals surface area contributed by atoms with Gasteiger partial charge in [-0.3, -0.25) is 0 Å². The summed E-state index contributed by atoms with van der Waals surface area (Å²) in [5.74, 6) is 1.04. The fraction of sp³-hybridized carbons (Fsp3) is 0.357. The first-order valence-corrected chi connectivity index (χ1v) is 6.07. The lowest BCUT2D eigenvalue weighted by atomic mass is 10.1. The molecule has 90 valence electrons. The van der Waals surface area contributed by atoms with Gasteiger partial charge in [-0.1, -0.05) is 29.8 Å². The lowest BCUT2D eigenvalue weighted by molar-refractivity contribution is 0.714. The molecule has 0 saturated heterocycles. The predicted molar refractivity (Wildman–Crippen MR) is 70.8 cm³/mol. The van der Waals surface area contributed by atoms with Gasteiger partial charge in [-0.05, 0) is 20.4 Å². The normalized spacial score (nSPS) is 10.8. The van der Waals surface area contributed by atoms with Crippen molar-refractivity contribution in [3.8, 4) is 11.4 Å². The zero-order valence-corrected chi connectivity index (χ0v) is 10.5. The average Bonchev–Trinajstić information content (AvgIpc) is 2.73. The molecule has 17 heavy (non-hydrogen) atoms. The van der Waals surface area contributed by atoms with Crippen LogP contribution in [0.15, 0.2) is 30.5 Å². The van der Waals surface area contributed by atoms with Crippen LogP contribution in [0.2, 0.25) is 0 Å². The van der Waals surface area contributed by atoms with Crippen molar-refractivity contribution in [3.63, 3.8) is 0 Å². The van der Waals surface area contributed by atoms with Crippen LogP contribution < -0.4 is 5.73 Å². The van der Waals surface area contributed by atoms with E-state index in [4.69, 9.17) is 5.73 Å². The number of hydrogen-bond donors (Lipinski definition) is 1. The predicted octanol–water partition coefficient (Wildman–Crippen LogP) is 2.38. The van der Waals surface area contributed by atoms with Crippen LogP contribution in [0, 0.1) is 6.92 Å². The van der Waals surface area contributed by atoms with Gasteiger partial charge in [-0.15, -0.1) is 0 Å². The summed E-state index contributed by atoms with van der Waals surface area (Å²) < 4.78 is 2.23. The Hall–Kier alpha value is -1.61. The van der Waals surface area contributed by atoms with Crippen molar-refractivity contribution in [2.24, 2.45) is 5.73 Å². The van der Waals surface area contributed by atoms with Gasteiger partial charge in [-0.2, -0.15) is 0 Å². The molecule has 0 spiro atoms. The Morgan fingerprint density at radius 2 is 1.94 bits per heavy atom. The Balaban J connectivity index is 2.41. The molecular formula is C14H19N3. The van der Waals surface area contributed by atoms with E-state index in [0.29, 0.717) is 6.54 Å². The van der Waals surface area contributed by atoms with E-state index < -0.39 is 0 Å². The molecule has 0 radical (unpaired) electrons. The molecular weight excluding hydrogens is 210 g/mol. The first-order chi connectivity index (χ1) is 8.26. The first kappa shape index (κ1) is 11.9. The van der Waals surface area contributed by atoms with Crippen LogP contribution in [0.5, 0.6) is 0 Å². The molecule has 2 N–H and O–H groups in total. The van der Waals surface area contributed by atoms with Crippen LogP contribution in [0.1, 0.15) is 18.2 Å². The van der Waals surface area contributed by atoms with Gasteiger partial charge in [0.2, 0.25) is 0 Å². The molecule has 3 heteroatoms. The lowest BCUT2D eigenvalue weighted by Crippen LogP contribution is -2.09. The third-order valence-corrected chi connectivity index (χ3v) is 2.96. The standard InChI is InChI=1S/C14H19N3/c1-3-17-13(8-9-15)10-16-14(17)12-6-4-11(2)5-7-12/h4-7,10H,3,8-9,15H2,1-2H3. The van der Waals surface area contributed by atoms with Gasteiger partial charge in [0, 0.05) is 30.4 Å². The van der Waals surface area contributed by atoms with Crippen LogP contribution in [0.25, 0.3) is 11.4 Å². The van der Waals surface area contributed by atoms with Crippen LogP contribution in [0.4, 0.5) is 0 Å². The van der Waals surface area contributed by atoms with Gasteiger partial charge < -0.3 is 10.3 Å². The zero-order valence-electron chi connectivity index (χ0n) is 10.5. The van der Waals surface area contributed by atoms with Crippen LogP contribution in [-0.2, 0) is 13.0 Å². The molecule has 0 aliphatic heterocycles. The van der Waals surface area contributed by atoms with Crippen molar-refractivity contribution in [1.82, 2.24) is 9.55 Å². The van der Waals surface area contributed by atoms with Crippen LogP contribution in [-0.4, -0.2) is 16.1 Å². The maximum absolute atomic E-state index is 5.61. The van der Waals surface area contributed by atoms with E-state index >= 15 is 0 Å². The summed E-state index contributed by atoms with van der Waals surface area (Å²) in [5.41, 5.74) is 9.26. The molecule has 3 nitrogen and oxygen atoms in total. The topological polar surface area (TPSA) is 43.8 Å². The molecule has 0 atom stereocenters. The van der Waals surface area contributed by atoms with E-state index in [1.807, 2.05) is 6.20 Å². The molecule has 0 amide bonds. The maximum Gasteiger partial charge on any atom is 0.140 e. The molecule has 1 aromatic heterocycles. The van der Waals surface area contributed by atoms with E-state index in [9.17, 15) is 0 Å². The summed E-state index contributed by atoms with van der Waals surface area (Å²) in [7, 11) is 0. The minimum atomic E-state index is 0.666. The molecule has 0 fully saturated rings. The van der Waals surface area contributed by atoms with Crippen molar-refractivity contribution in [1.29, 1.82) is 0 Å². The number of nitrogens with two attached hydrogens (primary N) is 1. The monoisotopic (exact) mass is 229 g/mol. The number of rotatable bonds is 4. The van der Waals surface area contributed by atoms with Gasteiger partial charge in [0.25, 0.3) is 0 Å². The number of aryl methyl sites for hydroxylation is 1. The molecule has 0 unspecified atom stereocenters. The van der Waals surface area contributed by atoms with Crippen molar-refractivity contribution in [3.05, 3.63) is 41.7 Å². The fourth-order valence-electron chi connectivity index (χ4n) is 2.04. The third kappa shape index (κ3) is 2.39. The Morgan fingerprint density at radius 1 is 1.24 bits per heavy atom. The molecule has 2 rings (SSSR count). The molecule has 0 aliphatic carbocycles. The average molecular weight is 229 g/mol. The summed E-state index contributed by atoms with van der Waals surface area (Å²) in [6, 6.07) is 8.48. The molecule has 1 heterocycles. The van der Waals surface area contributed by atoms with Crippen molar-refractivity contribution >= 4 is 0 Å². The van der Waals surface area contributed by atoms with E-state index in [1.54, 1.807) is 0 Å². The second-order valence-electron chi connectivity index (χ2n) is 4.22. The maximum atomic E-state index is 5.61. The molecule has 0 aliphatic rings. The highest BCUT2D eigenvalue weighted by molar-refractivity contribution is 5.56. The number of imidazole rings is 1. The largest absolute Gasteiger partial charge is 0.330 e. The van der Waals surface area contributed by atoms with E-state index in [-0.39, 0.29) is 0 Å².